The van der Waals surface area contributed by atoms with E-state index in [4.69, 9.17) is 0 Å². The predicted octanol–water partition coefficient (Wildman–Crippen LogP) is 2.80. The second-order valence-electron chi connectivity index (χ2n) is 6.35. The minimum absolute atomic E-state index is 0.125. The van der Waals surface area contributed by atoms with Gasteiger partial charge in [0.25, 0.3) is 5.69 Å². The molecule has 0 aliphatic rings. The topological polar surface area (TPSA) is 118 Å². The van der Waals surface area contributed by atoms with Gasteiger partial charge in [0, 0.05) is 31.5 Å². The molecule has 0 aliphatic heterocycles. The third kappa shape index (κ3) is 6.72. The summed E-state index contributed by atoms with van der Waals surface area (Å²) in [5.41, 5.74) is 1.98. The molecule has 8 nitrogen and oxygen atoms in total. The van der Waals surface area contributed by atoms with Crippen molar-refractivity contribution in [3.05, 3.63) is 69.8 Å². The Morgan fingerprint density at radius 3 is 2.41 bits per heavy atom. The molecule has 2 aromatic rings. The molecule has 9 heteroatoms. The minimum atomic E-state index is -3.54. The first-order valence-corrected chi connectivity index (χ1v) is 10.9. The molecule has 1 amide bonds. The molecule has 0 heterocycles. The number of sulfone groups is 1. The van der Waals surface area contributed by atoms with E-state index in [9.17, 15) is 23.3 Å². The number of aryl methyl sites for hydroxylation is 1. The van der Waals surface area contributed by atoms with Crippen LogP contribution < -0.4 is 10.6 Å². The number of hydrogen-bond acceptors (Lipinski definition) is 6. The van der Waals surface area contributed by atoms with Crippen molar-refractivity contribution >= 4 is 33.2 Å². The third-order valence-electron chi connectivity index (χ3n) is 4.15. The van der Waals surface area contributed by atoms with Gasteiger partial charge in [0.1, 0.15) is 5.69 Å². The third-order valence-corrected chi connectivity index (χ3v) is 5.26. The van der Waals surface area contributed by atoms with Crippen molar-refractivity contribution < 1.29 is 18.1 Å². The first kappa shape index (κ1) is 22.1. The van der Waals surface area contributed by atoms with Crippen LogP contribution >= 0.6 is 0 Å². The highest BCUT2D eigenvalue weighted by Crippen LogP contribution is 2.27. The summed E-state index contributed by atoms with van der Waals surface area (Å²) in [5.74, 6) is -0.284. The molecule has 0 aromatic heterocycles. The monoisotopic (exact) mass is 417 g/mol. The molecule has 0 fully saturated rings. The van der Waals surface area contributed by atoms with E-state index < -0.39 is 14.8 Å². The minimum Gasteiger partial charge on any atom is -0.378 e. The van der Waals surface area contributed by atoms with Crippen molar-refractivity contribution in [1.82, 2.24) is 5.32 Å². The van der Waals surface area contributed by atoms with Crippen LogP contribution in [-0.2, 0) is 21.1 Å². The fraction of sp³-hybridized carbons (Fsp3) is 0.250. The first-order valence-electron chi connectivity index (χ1n) is 8.98. The van der Waals surface area contributed by atoms with E-state index in [1.54, 1.807) is 6.08 Å². The number of anilines is 1. The zero-order valence-electron chi connectivity index (χ0n) is 16.2. The summed E-state index contributed by atoms with van der Waals surface area (Å²) in [6.45, 7) is 2.55. The number of carbonyl (C=O) groups is 1. The van der Waals surface area contributed by atoms with Crippen molar-refractivity contribution in [1.29, 1.82) is 0 Å². The van der Waals surface area contributed by atoms with E-state index in [0.29, 0.717) is 0 Å². The van der Waals surface area contributed by atoms with Gasteiger partial charge >= 0.3 is 0 Å². The van der Waals surface area contributed by atoms with Gasteiger partial charge in [-0.2, -0.15) is 0 Å². The van der Waals surface area contributed by atoms with Gasteiger partial charge in [0.15, 0.2) is 9.84 Å². The number of carbonyl (C=O) groups excluding carboxylic acids is 1. The molecule has 2 aromatic carbocycles. The summed E-state index contributed by atoms with van der Waals surface area (Å²) < 4.78 is 23.1. The highest BCUT2D eigenvalue weighted by Gasteiger charge is 2.18. The summed E-state index contributed by atoms with van der Waals surface area (Å²) in [7, 11) is -3.54. The predicted molar refractivity (Wildman–Crippen MR) is 113 cm³/mol. The summed E-state index contributed by atoms with van der Waals surface area (Å²) in [4.78, 5) is 22.3. The molecule has 154 valence electrons. The fourth-order valence-corrected chi connectivity index (χ4v) is 3.16. The van der Waals surface area contributed by atoms with Crippen molar-refractivity contribution in [3.8, 4) is 0 Å². The van der Waals surface area contributed by atoms with Crippen LogP contribution in [0.5, 0.6) is 0 Å². The van der Waals surface area contributed by atoms with Crippen molar-refractivity contribution in [2.75, 3.05) is 24.7 Å². The number of rotatable bonds is 9. The van der Waals surface area contributed by atoms with Gasteiger partial charge in [0.2, 0.25) is 5.91 Å². The van der Waals surface area contributed by atoms with Crippen LogP contribution in [0.1, 0.15) is 18.1 Å². The molecule has 0 atom stereocenters. The number of nitro groups is 1. The van der Waals surface area contributed by atoms with Crippen molar-refractivity contribution in [2.45, 2.75) is 18.2 Å². The van der Waals surface area contributed by atoms with Crippen molar-refractivity contribution in [3.63, 3.8) is 0 Å². The van der Waals surface area contributed by atoms with Gasteiger partial charge in [-0.1, -0.05) is 31.2 Å². The molecule has 29 heavy (non-hydrogen) atoms. The maximum absolute atomic E-state index is 11.9. The highest BCUT2D eigenvalue weighted by molar-refractivity contribution is 7.90. The zero-order chi connectivity index (χ0) is 21.4. The molecule has 2 rings (SSSR count). The average molecular weight is 417 g/mol. The quantitative estimate of drug-likeness (QED) is 0.280. The number of nitro benzene ring substituents is 1. The van der Waals surface area contributed by atoms with Crippen LogP contribution in [0.2, 0.25) is 0 Å². The maximum atomic E-state index is 11.9. The second kappa shape index (κ2) is 9.83. The number of nitrogens with one attached hydrogen (secondary N) is 2. The lowest BCUT2D eigenvalue weighted by atomic mass is 10.1. The van der Waals surface area contributed by atoms with Gasteiger partial charge in [-0.15, -0.1) is 0 Å². The number of benzene rings is 2. The number of amides is 1. The molecule has 0 spiro atoms. The molecule has 0 unspecified atom stereocenters. The first-order chi connectivity index (χ1) is 13.7. The molecule has 0 saturated carbocycles. The van der Waals surface area contributed by atoms with Crippen LogP contribution in [0.3, 0.4) is 0 Å². The smallest absolute Gasteiger partial charge is 0.293 e. The van der Waals surface area contributed by atoms with Crippen LogP contribution in [0.25, 0.3) is 6.08 Å². The molecule has 0 radical (unpaired) electrons. The van der Waals surface area contributed by atoms with Gasteiger partial charge in [-0.05, 0) is 35.8 Å². The summed E-state index contributed by atoms with van der Waals surface area (Å²) in [5, 5.41) is 16.7. The van der Waals surface area contributed by atoms with E-state index in [0.717, 1.165) is 24.3 Å². The highest BCUT2D eigenvalue weighted by atomic mass is 32.2. The summed E-state index contributed by atoms with van der Waals surface area (Å²) >= 11 is 0. The van der Waals surface area contributed by atoms with E-state index in [-0.39, 0.29) is 35.3 Å². The Balaban J connectivity index is 1.88. The lowest BCUT2D eigenvalue weighted by Crippen LogP contribution is -2.27. The van der Waals surface area contributed by atoms with E-state index >= 15 is 0 Å². The second-order valence-corrected chi connectivity index (χ2v) is 8.37. The zero-order valence-corrected chi connectivity index (χ0v) is 17.0. The van der Waals surface area contributed by atoms with Crippen LogP contribution in [0.15, 0.2) is 53.4 Å². The van der Waals surface area contributed by atoms with Gasteiger partial charge in [0.05, 0.1) is 9.82 Å². The largest absolute Gasteiger partial charge is 0.378 e. The van der Waals surface area contributed by atoms with Crippen LogP contribution in [0.4, 0.5) is 11.4 Å². The Hall–Kier alpha value is -3.20. The van der Waals surface area contributed by atoms with Gasteiger partial charge < -0.3 is 10.6 Å². The Kier molecular flexibility index (Phi) is 7.49. The maximum Gasteiger partial charge on any atom is 0.293 e. The molecular formula is C20H23N3O5S. The molecule has 0 bridgehead atoms. The number of hydrogen-bond donors (Lipinski definition) is 2. The van der Waals surface area contributed by atoms with Gasteiger partial charge in [-0.25, -0.2) is 8.42 Å². The van der Waals surface area contributed by atoms with Crippen LogP contribution in [0, 0.1) is 10.1 Å². The van der Waals surface area contributed by atoms with E-state index in [1.807, 2.05) is 24.3 Å². The lowest BCUT2D eigenvalue weighted by Gasteiger charge is -2.08. The Labute approximate surface area is 169 Å². The Bertz CT molecular complexity index is 1010. The Morgan fingerprint density at radius 1 is 1.14 bits per heavy atom. The average Bonchev–Trinajstić information content (AvgIpc) is 2.69. The Morgan fingerprint density at radius 2 is 1.83 bits per heavy atom. The molecule has 0 saturated heterocycles. The summed E-state index contributed by atoms with van der Waals surface area (Å²) in [6.07, 6.45) is 5.06. The van der Waals surface area contributed by atoms with Crippen molar-refractivity contribution in [2.24, 2.45) is 0 Å². The summed E-state index contributed by atoms with van der Waals surface area (Å²) in [6, 6.07) is 11.5. The standard InChI is InChI=1S/C20H23N3O5S/c1-3-15-4-6-16(7-5-15)8-11-20(24)22-13-12-21-18-10-9-17(29(2,27)28)14-19(18)23(25)26/h4-11,14,21H,3,12-13H2,1-2H3,(H,22,24)/b11-8+. The molecule has 0 aliphatic carbocycles. The van der Waals surface area contributed by atoms with E-state index in [2.05, 4.69) is 17.6 Å². The molecular weight excluding hydrogens is 394 g/mol. The van der Waals surface area contributed by atoms with E-state index in [1.165, 1.54) is 23.8 Å². The fourth-order valence-electron chi connectivity index (χ4n) is 2.52. The lowest BCUT2D eigenvalue weighted by molar-refractivity contribution is -0.384. The van der Waals surface area contributed by atoms with Crippen LogP contribution in [-0.4, -0.2) is 38.6 Å². The van der Waals surface area contributed by atoms with Gasteiger partial charge in [-0.3, -0.25) is 14.9 Å². The normalized spacial score (nSPS) is 11.4. The number of nitrogens with zero attached hydrogens (tertiary/aromatic N) is 1. The molecule has 2 N–H and O–H groups in total. The SMILES string of the molecule is CCc1ccc(/C=C/C(=O)NCCNc2ccc(S(C)(=O)=O)cc2[N+](=O)[O-])cc1.